The number of benzene rings is 1. The van der Waals surface area contributed by atoms with Crippen molar-refractivity contribution in [2.24, 2.45) is 0 Å². The van der Waals surface area contributed by atoms with Crippen molar-refractivity contribution in [2.45, 2.75) is 26.4 Å². The second kappa shape index (κ2) is 8.12. The first-order valence-corrected chi connectivity index (χ1v) is 8.19. The first-order chi connectivity index (χ1) is 10.3. The Kier molecular flexibility index (Phi) is 6.17. The van der Waals surface area contributed by atoms with Crippen molar-refractivity contribution in [3.05, 3.63) is 47.0 Å². The van der Waals surface area contributed by atoms with Crippen LogP contribution >= 0.6 is 11.3 Å². The van der Waals surface area contributed by atoms with E-state index in [0.29, 0.717) is 0 Å². The van der Waals surface area contributed by atoms with Crippen molar-refractivity contribution in [2.75, 3.05) is 24.6 Å². The second-order valence-electron chi connectivity index (χ2n) is 4.81. The number of aliphatic hydroxyl groups is 1. The fourth-order valence-electron chi connectivity index (χ4n) is 2.22. The summed E-state index contributed by atoms with van der Waals surface area (Å²) in [6, 6.07) is 9.99. The summed E-state index contributed by atoms with van der Waals surface area (Å²) in [5, 5.41) is 14.0. The molecule has 0 radical (unpaired) electrons. The van der Waals surface area contributed by atoms with E-state index in [1.54, 1.807) is 11.3 Å². The van der Waals surface area contributed by atoms with Gasteiger partial charge in [-0.15, -0.1) is 11.3 Å². The van der Waals surface area contributed by atoms with E-state index < -0.39 is 0 Å². The molecule has 2 N–H and O–H groups in total. The minimum Gasteiger partial charge on any atom is -0.394 e. The van der Waals surface area contributed by atoms with Gasteiger partial charge in [-0.05, 0) is 19.4 Å². The van der Waals surface area contributed by atoms with E-state index in [-0.39, 0.29) is 12.6 Å². The fourth-order valence-corrected chi connectivity index (χ4v) is 3.20. The van der Waals surface area contributed by atoms with Gasteiger partial charge < -0.3 is 15.3 Å². The van der Waals surface area contributed by atoms with Gasteiger partial charge in [0.05, 0.1) is 12.6 Å². The first-order valence-electron chi connectivity index (χ1n) is 7.37. The van der Waals surface area contributed by atoms with E-state index >= 15 is 0 Å². The summed E-state index contributed by atoms with van der Waals surface area (Å²) in [5.41, 5.74) is 1.11. The molecule has 0 aliphatic rings. The van der Waals surface area contributed by atoms with Crippen molar-refractivity contribution in [3.63, 3.8) is 0 Å². The van der Waals surface area contributed by atoms with E-state index in [2.05, 4.69) is 29.0 Å². The summed E-state index contributed by atoms with van der Waals surface area (Å²) in [5.74, 6) is 0. The molecule has 114 valence electrons. The largest absolute Gasteiger partial charge is 0.394 e. The monoisotopic (exact) mass is 305 g/mol. The molecule has 1 atom stereocenters. The highest BCUT2D eigenvalue weighted by Crippen LogP contribution is 2.23. The lowest BCUT2D eigenvalue weighted by molar-refractivity contribution is 0.244. The van der Waals surface area contributed by atoms with Crippen LogP contribution in [0.15, 0.2) is 36.5 Å². The molecule has 0 saturated carbocycles. The molecule has 0 bridgehead atoms. The van der Waals surface area contributed by atoms with Crippen LogP contribution in [0.25, 0.3) is 0 Å². The zero-order valence-electron chi connectivity index (χ0n) is 12.6. The molecule has 5 heteroatoms. The van der Waals surface area contributed by atoms with E-state index in [9.17, 15) is 5.11 Å². The lowest BCUT2D eigenvalue weighted by Gasteiger charge is -2.17. The number of anilines is 1. The third kappa shape index (κ3) is 4.27. The number of nitrogens with one attached hydrogen (secondary N) is 1. The van der Waals surface area contributed by atoms with Gasteiger partial charge >= 0.3 is 0 Å². The summed E-state index contributed by atoms with van der Waals surface area (Å²) in [6.07, 6.45) is 1.92. The number of hydrogen-bond acceptors (Lipinski definition) is 5. The average molecular weight is 305 g/mol. The predicted molar refractivity (Wildman–Crippen MR) is 88.8 cm³/mol. The molecule has 1 unspecified atom stereocenters. The summed E-state index contributed by atoms with van der Waals surface area (Å²) in [7, 11) is 0. The predicted octanol–water partition coefficient (Wildman–Crippen LogP) is 2.81. The number of rotatable bonds is 8. The lowest BCUT2D eigenvalue weighted by atomic mass is 10.1. The molecule has 0 aliphatic carbocycles. The van der Waals surface area contributed by atoms with E-state index in [1.807, 2.05) is 36.5 Å². The van der Waals surface area contributed by atoms with Gasteiger partial charge in [0.25, 0.3) is 0 Å². The van der Waals surface area contributed by atoms with Crippen LogP contribution in [0.5, 0.6) is 0 Å². The van der Waals surface area contributed by atoms with Crippen LogP contribution in [-0.2, 0) is 6.54 Å². The van der Waals surface area contributed by atoms with Crippen molar-refractivity contribution in [1.82, 2.24) is 10.3 Å². The Morgan fingerprint density at radius 2 is 1.95 bits per heavy atom. The molecule has 1 heterocycles. The van der Waals surface area contributed by atoms with Crippen molar-refractivity contribution in [3.8, 4) is 0 Å². The van der Waals surface area contributed by atoms with Gasteiger partial charge in [-0.25, -0.2) is 4.98 Å². The third-order valence-electron chi connectivity index (χ3n) is 3.48. The molecule has 2 rings (SSSR count). The van der Waals surface area contributed by atoms with Crippen LogP contribution in [0.3, 0.4) is 0 Å². The Morgan fingerprint density at radius 3 is 2.57 bits per heavy atom. The highest BCUT2D eigenvalue weighted by Gasteiger charge is 2.11. The van der Waals surface area contributed by atoms with Crippen LogP contribution in [0.4, 0.5) is 5.13 Å². The van der Waals surface area contributed by atoms with E-state index in [4.69, 9.17) is 0 Å². The molecule has 0 spiro atoms. The van der Waals surface area contributed by atoms with E-state index in [0.717, 1.165) is 30.3 Å². The maximum Gasteiger partial charge on any atom is 0.185 e. The molecule has 1 aromatic carbocycles. The Labute approximate surface area is 130 Å². The summed E-state index contributed by atoms with van der Waals surface area (Å²) in [6.45, 7) is 7.03. The zero-order chi connectivity index (χ0) is 15.1. The highest BCUT2D eigenvalue weighted by molar-refractivity contribution is 7.15. The zero-order valence-corrected chi connectivity index (χ0v) is 13.4. The van der Waals surface area contributed by atoms with Crippen molar-refractivity contribution < 1.29 is 5.11 Å². The van der Waals surface area contributed by atoms with Gasteiger partial charge in [-0.1, -0.05) is 30.3 Å². The summed E-state index contributed by atoms with van der Waals surface area (Å²) < 4.78 is 0. The molecule has 1 aromatic heterocycles. The van der Waals surface area contributed by atoms with Gasteiger partial charge in [0, 0.05) is 30.7 Å². The molecule has 0 amide bonds. The lowest BCUT2D eigenvalue weighted by Crippen LogP contribution is -2.23. The van der Waals surface area contributed by atoms with Gasteiger partial charge in [0.1, 0.15) is 0 Å². The van der Waals surface area contributed by atoms with Crippen molar-refractivity contribution in [1.29, 1.82) is 0 Å². The smallest absolute Gasteiger partial charge is 0.185 e. The molecule has 0 saturated heterocycles. The number of nitrogens with zero attached hydrogens (tertiary/aromatic N) is 2. The molecule has 0 aliphatic heterocycles. The Hall–Kier alpha value is -1.43. The molecular formula is C16H23N3OS. The van der Waals surface area contributed by atoms with Crippen molar-refractivity contribution >= 4 is 16.5 Å². The molecule has 21 heavy (non-hydrogen) atoms. The molecule has 2 aromatic rings. The topological polar surface area (TPSA) is 48.4 Å². The average Bonchev–Trinajstić information content (AvgIpc) is 2.99. The Bertz CT molecular complexity index is 525. The van der Waals surface area contributed by atoms with Gasteiger partial charge in [-0.3, -0.25) is 0 Å². The van der Waals surface area contributed by atoms with E-state index in [1.165, 1.54) is 4.88 Å². The van der Waals surface area contributed by atoms with Crippen LogP contribution in [0, 0.1) is 0 Å². The number of aromatic nitrogens is 1. The second-order valence-corrected chi connectivity index (χ2v) is 5.90. The van der Waals surface area contributed by atoms with Crippen LogP contribution in [-0.4, -0.2) is 29.8 Å². The van der Waals surface area contributed by atoms with Gasteiger partial charge in [0.2, 0.25) is 0 Å². The standard InChI is InChI=1S/C16H23N3OS/c1-3-19(4-2)16-18-11-14(21-16)10-17-15(12-20)13-8-6-5-7-9-13/h5-9,11,15,17,20H,3-4,10,12H2,1-2H3. The Morgan fingerprint density at radius 1 is 1.24 bits per heavy atom. The number of thiazole rings is 1. The van der Waals surface area contributed by atoms with Gasteiger partial charge in [0.15, 0.2) is 5.13 Å². The van der Waals surface area contributed by atoms with Crippen LogP contribution in [0.2, 0.25) is 0 Å². The van der Waals surface area contributed by atoms with Crippen LogP contribution in [0.1, 0.15) is 30.3 Å². The molecular weight excluding hydrogens is 282 g/mol. The van der Waals surface area contributed by atoms with Crippen LogP contribution < -0.4 is 10.2 Å². The quantitative estimate of drug-likeness (QED) is 0.787. The normalized spacial score (nSPS) is 12.3. The number of hydrogen-bond donors (Lipinski definition) is 2. The minimum absolute atomic E-state index is 0.0368. The maximum atomic E-state index is 9.54. The third-order valence-corrected chi connectivity index (χ3v) is 4.54. The first kappa shape index (κ1) is 15.9. The SMILES string of the molecule is CCN(CC)c1ncc(CNC(CO)c2ccccc2)s1. The minimum atomic E-state index is -0.0368. The molecule has 4 nitrogen and oxygen atoms in total. The number of aliphatic hydroxyl groups excluding tert-OH is 1. The molecule has 0 fully saturated rings. The van der Waals surface area contributed by atoms with Gasteiger partial charge in [-0.2, -0.15) is 0 Å². The maximum absolute atomic E-state index is 9.54. The Balaban J connectivity index is 1.96. The fraction of sp³-hybridized carbons (Fsp3) is 0.438. The summed E-state index contributed by atoms with van der Waals surface area (Å²) in [4.78, 5) is 7.91. The highest BCUT2D eigenvalue weighted by atomic mass is 32.1. The summed E-state index contributed by atoms with van der Waals surface area (Å²) >= 11 is 1.71.